The van der Waals surface area contributed by atoms with Gasteiger partial charge in [0.1, 0.15) is 30.7 Å². The van der Waals surface area contributed by atoms with Crippen LogP contribution in [-0.4, -0.2) is 46.2 Å². The molecule has 10 heteroatoms. The zero-order chi connectivity index (χ0) is 19.8. The molecule has 0 atom stereocenters. The number of aromatic nitrogens is 3. The monoisotopic (exact) mass is 383 g/mol. The van der Waals surface area contributed by atoms with Gasteiger partial charge in [-0.3, -0.25) is 4.79 Å². The Kier molecular flexibility index (Phi) is 6.13. The summed E-state index contributed by atoms with van der Waals surface area (Å²) in [4.78, 5) is 41.1. The van der Waals surface area contributed by atoms with Gasteiger partial charge in [0.2, 0.25) is 5.91 Å². The van der Waals surface area contributed by atoms with Gasteiger partial charge < -0.3 is 20.2 Å². The van der Waals surface area contributed by atoms with Crippen molar-refractivity contribution in [1.29, 1.82) is 0 Å². The van der Waals surface area contributed by atoms with Crippen molar-refractivity contribution in [1.82, 2.24) is 25.8 Å². The second-order valence-corrected chi connectivity index (χ2v) is 5.61. The van der Waals surface area contributed by atoms with Gasteiger partial charge in [0.05, 0.1) is 0 Å². The van der Waals surface area contributed by atoms with E-state index in [-0.39, 0.29) is 13.2 Å². The van der Waals surface area contributed by atoms with E-state index in [1.807, 2.05) is 30.3 Å². The summed E-state index contributed by atoms with van der Waals surface area (Å²) in [5, 5.41) is 12.2. The van der Waals surface area contributed by atoms with Crippen LogP contribution in [-0.2, 0) is 20.9 Å². The Labute approximate surface area is 159 Å². The predicted octanol–water partition coefficient (Wildman–Crippen LogP) is 0.429. The van der Waals surface area contributed by atoms with Crippen LogP contribution in [0.2, 0.25) is 0 Å². The van der Waals surface area contributed by atoms with Crippen molar-refractivity contribution < 1.29 is 24.0 Å². The summed E-state index contributed by atoms with van der Waals surface area (Å²) in [5.41, 5.74) is 1.91. The molecule has 0 unspecified atom stereocenters. The quantitative estimate of drug-likeness (QED) is 0.567. The molecule has 0 fully saturated rings. The number of rotatable bonds is 7. The Morgan fingerprint density at radius 1 is 0.929 bits per heavy atom. The topological polar surface area (TPSA) is 124 Å². The number of ether oxygens (including phenoxy) is 1. The van der Waals surface area contributed by atoms with Crippen molar-refractivity contribution in [2.75, 3.05) is 13.1 Å². The van der Waals surface area contributed by atoms with E-state index >= 15 is 0 Å². The van der Waals surface area contributed by atoms with E-state index in [2.05, 4.69) is 20.9 Å². The number of hydrogen-bond donors (Lipinski definition) is 2. The van der Waals surface area contributed by atoms with Crippen LogP contribution in [0.4, 0.5) is 4.79 Å². The predicted molar refractivity (Wildman–Crippen MR) is 96.8 cm³/mol. The largest absolute Gasteiger partial charge is 0.445 e. The van der Waals surface area contributed by atoms with Crippen molar-refractivity contribution in [3.05, 3.63) is 60.2 Å². The van der Waals surface area contributed by atoms with Crippen LogP contribution in [0.3, 0.4) is 0 Å². The Morgan fingerprint density at radius 3 is 2.50 bits per heavy atom. The average Bonchev–Trinajstić information content (AvgIpc) is 3.13. The number of nitrogens with zero attached hydrogens (tertiary/aromatic N) is 3. The van der Waals surface area contributed by atoms with E-state index < -0.39 is 24.5 Å². The van der Waals surface area contributed by atoms with E-state index in [0.717, 1.165) is 10.4 Å². The molecule has 0 saturated heterocycles. The van der Waals surface area contributed by atoms with Gasteiger partial charge in [0.25, 0.3) is 0 Å². The molecule has 2 aromatic carbocycles. The van der Waals surface area contributed by atoms with Crippen molar-refractivity contribution in [2.24, 2.45) is 0 Å². The highest BCUT2D eigenvalue weighted by Crippen LogP contribution is 2.07. The molecular weight excluding hydrogens is 366 g/mol. The summed E-state index contributed by atoms with van der Waals surface area (Å²) in [6, 6.07) is 16.1. The summed E-state index contributed by atoms with van der Waals surface area (Å²) in [5.74, 6) is -1.31. The van der Waals surface area contributed by atoms with Crippen LogP contribution >= 0.6 is 0 Å². The lowest BCUT2D eigenvalue weighted by atomic mass is 10.2. The number of carbonyl (C=O) groups excluding carboxylic acids is 3. The first-order valence-corrected chi connectivity index (χ1v) is 8.34. The smallest absolute Gasteiger partial charge is 0.407 e. The number of carbonyl (C=O) groups is 3. The third-order valence-electron chi connectivity index (χ3n) is 3.55. The van der Waals surface area contributed by atoms with Gasteiger partial charge in [-0.15, -0.1) is 5.10 Å². The summed E-state index contributed by atoms with van der Waals surface area (Å²) in [7, 11) is 0. The first-order chi connectivity index (χ1) is 13.6. The number of para-hydroxylation sites is 1. The van der Waals surface area contributed by atoms with Crippen LogP contribution in [0.25, 0.3) is 11.0 Å². The fourth-order valence-corrected chi connectivity index (χ4v) is 2.20. The highest BCUT2D eigenvalue weighted by atomic mass is 16.7. The number of benzene rings is 2. The standard InChI is InChI=1S/C18H17N5O5/c24-16(10-20-18(26)27-12-13-6-2-1-3-7-13)19-11-17(25)28-23-15-9-5-4-8-14(15)21-22-23/h1-9H,10-12H2,(H,19,24)(H,20,26). The molecule has 3 rings (SSSR count). The van der Waals surface area contributed by atoms with Crippen LogP contribution < -0.4 is 15.5 Å². The Balaban J connectivity index is 1.35. The number of amides is 2. The van der Waals surface area contributed by atoms with E-state index in [9.17, 15) is 14.4 Å². The lowest BCUT2D eigenvalue weighted by Gasteiger charge is -2.08. The van der Waals surface area contributed by atoms with Gasteiger partial charge in [0, 0.05) is 0 Å². The maximum absolute atomic E-state index is 11.8. The molecule has 0 aliphatic carbocycles. The zero-order valence-corrected chi connectivity index (χ0v) is 14.7. The molecule has 0 aliphatic rings. The first kappa shape index (κ1) is 18.8. The highest BCUT2D eigenvalue weighted by molar-refractivity contribution is 5.85. The molecule has 2 N–H and O–H groups in total. The second-order valence-electron chi connectivity index (χ2n) is 5.61. The SMILES string of the molecule is O=C(CNC(=O)OCc1ccccc1)NCC(=O)On1nnc2ccccc21. The Hall–Kier alpha value is -3.95. The molecule has 0 bridgehead atoms. The number of fused-ring (bicyclic) bond motifs is 1. The average molecular weight is 383 g/mol. The molecule has 3 aromatic rings. The van der Waals surface area contributed by atoms with Gasteiger partial charge in [-0.25, -0.2) is 9.59 Å². The minimum Gasteiger partial charge on any atom is -0.445 e. The lowest BCUT2D eigenvalue weighted by Crippen LogP contribution is -2.41. The molecule has 0 radical (unpaired) electrons. The fraction of sp³-hybridized carbons (Fsp3) is 0.167. The number of hydrogen-bond acceptors (Lipinski definition) is 7. The van der Waals surface area contributed by atoms with Crippen molar-refractivity contribution in [3.63, 3.8) is 0 Å². The molecule has 10 nitrogen and oxygen atoms in total. The van der Waals surface area contributed by atoms with Crippen LogP contribution in [0.15, 0.2) is 54.6 Å². The fourth-order valence-electron chi connectivity index (χ4n) is 2.20. The van der Waals surface area contributed by atoms with Gasteiger partial charge in [0.15, 0.2) is 0 Å². The van der Waals surface area contributed by atoms with E-state index in [0.29, 0.717) is 11.0 Å². The molecule has 144 valence electrons. The third-order valence-corrected chi connectivity index (χ3v) is 3.55. The molecule has 2 amide bonds. The number of nitrogens with one attached hydrogen (secondary N) is 2. The minimum absolute atomic E-state index is 0.0898. The maximum atomic E-state index is 11.8. The van der Waals surface area contributed by atoms with Gasteiger partial charge >= 0.3 is 12.1 Å². The Morgan fingerprint density at radius 2 is 1.68 bits per heavy atom. The van der Waals surface area contributed by atoms with E-state index in [1.54, 1.807) is 24.3 Å². The van der Waals surface area contributed by atoms with Crippen molar-refractivity contribution in [3.8, 4) is 0 Å². The summed E-state index contributed by atoms with van der Waals surface area (Å²) in [6.45, 7) is -0.645. The third kappa shape index (κ3) is 5.27. The van der Waals surface area contributed by atoms with Crippen LogP contribution in [0.5, 0.6) is 0 Å². The normalized spacial score (nSPS) is 10.3. The maximum Gasteiger partial charge on any atom is 0.407 e. The van der Waals surface area contributed by atoms with Gasteiger partial charge in [-0.1, -0.05) is 47.3 Å². The zero-order valence-electron chi connectivity index (χ0n) is 14.7. The van der Waals surface area contributed by atoms with Gasteiger partial charge in [-0.05, 0) is 22.9 Å². The van der Waals surface area contributed by atoms with Crippen molar-refractivity contribution in [2.45, 2.75) is 6.61 Å². The number of alkyl carbamates (subject to hydrolysis) is 1. The molecule has 0 spiro atoms. The summed E-state index contributed by atoms with van der Waals surface area (Å²) in [6.07, 6.45) is -0.740. The highest BCUT2D eigenvalue weighted by Gasteiger charge is 2.12. The molecule has 0 saturated carbocycles. The van der Waals surface area contributed by atoms with Crippen LogP contribution in [0.1, 0.15) is 5.56 Å². The second kappa shape index (κ2) is 9.12. The first-order valence-electron chi connectivity index (χ1n) is 8.34. The molecular formula is C18H17N5O5. The molecule has 1 heterocycles. The van der Waals surface area contributed by atoms with Crippen molar-refractivity contribution >= 4 is 29.0 Å². The van der Waals surface area contributed by atoms with E-state index in [1.165, 1.54) is 0 Å². The lowest BCUT2D eigenvalue weighted by molar-refractivity contribution is -0.145. The summed E-state index contributed by atoms with van der Waals surface area (Å²) < 4.78 is 4.97. The Bertz CT molecular complexity index is 973. The molecule has 0 aliphatic heterocycles. The van der Waals surface area contributed by atoms with Gasteiger partial charge in [-0.2, -0.15) is 0 Å². The summed E-state index contributed by atoms with van der Waals surface area (Å²) >= 11 is 0. The van der Waals surface area contributed by atoms with Crippen LogP contribution in [0, 0.1) is 0 Å². The van der Waals surface area contributed by atoms with E-state index in [4.69, 9.17) is 9.57 Å². The molecule has 28 heavy (non-hydrogen) atoms. The minimum atomic E-state index is -0.740. The molecule has 1 aromatic heterocycles.